The van der Waals surface area contributed by atoms with Crippen molar-refractivity contribution >= 4 is 17.4 Å². The molecule has 1 unspecified atom stereocenters. The highest BCUT2D eigenvalue weighted by Crippen LogP contribution is 2.39. The van der Waals surface area contributed by atoms with Gasteiger partial charge in [0, 0.05) is 30.7 Å². The summed E-state index contributed by atoms with van der Waals surface area (Å²) in [6.45, 7) is 0.188. The minimum Gasteiger partial charge on any atom is -0.507 e. The van der Waals surface area contributed by atoms with E-state index < -0.39 is 17.7 Å². The van der Waals surface area contributed by atoms with Crippen molar-refractivity contribution in [1.82, 2.24) is 14.9 Å². The molecule has 1 N–H and O–H groups in total. The Morgan fingerprint density at radius 3 is 2.40 bits per heavy atom. The Balaban J connectivity index is 1.83. The Hall–Kier alpha value is -4.00. The molecule has 2 aromatic heterocycles. The minimum atomic E-state index is -0.804. The number of amides is 1. The highest BCUT2D eigenvalue weighted by molar-refractivity contribution is 6.46. The van der Waals surface area contributed by atoms with Gasteiger partial charge in [0.25, 0.3) is 11.7 Å². The Morgan fingerprint density at radius 2 is 1.77 bits per heavy atom. The van der Waals surface area contributed by atoms with Crippen molar-refractivity contribution in [3.05, 3.63) is 95.6 Å². The fourth-order valence-corrected chi connectivity index (χ4v) is 3.48. The van der Waals surface area contributed by atoms with E-state index >= 15 is 0 Å². The molecule has 3 aromatic rings. The van der Waals surface area contributed by atoms with Gasteiger partial charge in [-0.2, -0.15) is 0 Å². The van der Waals surface area contributed by atoms with Gasteiger partial charge in [-0.15, -0.1) is 0 Å². The molecule has 30 heavy (non-hydrogen) atoms. The van der Waals surface area contributed by atoms with Crippen molar-refractivity contribution in [3.8, 4) is 5.75 Å². The van der Waals surface area contributed by atoms with Crippen molar-refractivity contribution in [2.75, 3.05) is 7.11 Å². The first-order valence-electron chi connectivity index (χ1n) is 9.33. The van der Waals surface area contributed by atoms with Crippen molar-refractivity contribution in [1.29, 1.82) is 0 Å². The summed E-state index contributed by atoms with van der Waals surface area (Å²) in [5.41, 5.74) is 1.75. The van der Waals surface area contributed by atoms with E-state index in [9.17, 15) is 14.7 Å². The van der Waals surface area contributed by atoms with E-state index in [1.807, 2.05) is 0 Å². The molecule has 1 aliphatic rings. The summed E-state index contributed by atoms with van der Waals surface area (Å²) in [4.78, 5) is 35.6. The van der Waals surface area contributed by atoms with Crippen LogP contribution in [-0.2, 0) is 16.1 Å². The third-order valence-electron chi connectivity index (χ3n) is 4.97. The number of likely N-dealkylation sites (tertiary alicyclic amines) is 1. The number of carbonyl (C=O) groups is 2. The second-order valence-electron chi connectivity index (χ2n) is 6.77. The molecule has 0 radical (unpaired) electrons. The van der Waals surface area contributed by atoms with E-state index in [1.165, 1.54) is 4.90 Å². The van der Waals surface area contributed by atoms with E-state index in [1.54, 1.807) is 80.3 Å². The van der Waals surface area contributed by atoms with Crippen LogP contribution in [0.2, 0.25) is 0 Å². The van der Waals surface area contributed by atoms with Crippen LogP contribution in [0.5, 0.6) is 5.75 Å². The monoisotopic (exact) mass is 401 g/mol. The molecule has 0 aliphatic carbocycles. The Morgan fingerprint density at radius 1 is 1.03 bits per heavy atom. The summed E-state index contributed by atoms with van der Waals surface area (Å²) in [5, 5.41) is 11.0. The van der Waals surface area contributed by atoms with Crippen LogP contribution in [0, 0.1) is 0 Å². The lowest BCUT2D eigenvalue weighted by atomic mass is 9.98. The number of pyridine rings is 2. The van der Waals surface area contributed by atoms with Gasteiger partial charge in [-0.3, -0.25) is 19.6 Å². The predicted octanol–water partition coefficient (Wildman–Crippen LogP) is 3.11. The topological polar surface area (TPSA) is 92.6 Å². The molecule has 150 valence electrons. The molecule has 3 heterocycles. The second-order valence-corrected chi connectivity index (χ2v) is 6.77. The third-order valence-corrected chi connectivity index (χ3v) is 4.97. The minimum absolute atomic E-state index is 0.0120. The SMILES string of the molecule is COc1ccc(/C(O)=C2/C(=O)C(=O)N(Cc3ccncc3)C2c2ccccn2)cc1. The number of methoxy groups -OCH3 is 1. The average molecular weight is 401 g/mol. The van der Waals surface area contributed by atoms with Crippen LogP contribution in [-0.4, -0.2) is 38.8 Å². The Kier molecular flexibility index (Phi) is 5.26. The van der Waals surface area contributed by atoms with Gasteiger partial charge in [-0.25, -0.2) is 0 Å². The first-order valence-corrected chi connectivity index (χ1v) is 9.33. The third kappa shape index (κ3) is 3.53. The van der Waals surface area contributed by atoms with Crippen LogP contribution < -0.4 is 4.74 Å². The van der Waals surface area contributed by atoms with Gasteiger partial charge in [0.05, 0.1) is 18.4 Å². The van der Waals surface area contributed by atoms with Crippen LogP contribution in [0.15, 0.2) is 78.8 Å². The summed E-state index contributed by atoms with van der Waals surface area (Å²) < 4.78 is 5.14. The van der Waals surface area contributed by atoms with Gasteiger partial charge < -0.3 is 14.7 Å². The molecule has 1 aliphatic heterocycles. The molecule has 1 atom stereocenters. The van der Waals surface area contributed by atoms with Crippen molar-refractivity contribution in [2.24, 2.45) is 0 Å². The van der Waals surface area contributed by atoms with Gasteiger partial charge in [-0.05, 0) is 54.1 Å². The van der Waals surface area contributed by atoms with Gasteiger partial charge in [0.15, 0.2) is 0 Å². The summed E-state index contributed by atoms with van der Waals surface area (Å²) in [6.07, 6.45) is 4.84. The molecule has 4 rings (SSSR count). The Bertz CT molecular complexity index is 1100. The molecule has 7 nitrogen and oxygen atoms in total. The molecule has 1 aromatic carbocycles. The first kappa shape index (κ1) is 19.3. The quantitative estimate of drug-likeness (QED) is 0.401. The van der Waals surface area contributed by atoms with Crippen LogP contribution >= 0.6 is 0 Å². The second kappa shape index (κ2) is 8.16. The number of nitrogens with zero attached hydrogens (tertiary/aromatic N) is 3. The number of carbonyl (C=O) groups excluding carboxylic acids is 2. The molecule has 1 fully saturated rings. The molecule has 1 saturated heterocycles. The number of aliphatic hydroxyl groups is 1. The fourth-order valence-electron chi connectivity index (χ4n) is 3.48. The van der Waals surface area contributed by atoms with E-state index in [0.29, 0.717) is 17.0 Å². The number of ketones is 1. The zero-order valence-electron chi connectivity index (χ0n) is 16.2. The molecule has 0 spiro atoms. The molecular weight excluding hydrogens is 382 g/mol. The van der Waals surface area contributed by atoms with Gasteiger partial charge >= 0.3 is 0 Å². The van der Waals surface area contributed by atoms with Crippen LogP contribution in [0.4, 0.5) is 0 Å². The molecular formula is C23H19N3O4. The maximum atomic E-state index is 13.0. The average Bonchev–Trinajstić information content (AvgIpc) is 3.05. The van der Waals surface area contributed by atoms with E-state index in [2.05, 4.69) is 9.97 Å². The molecule has 0 saturated carbocycles. The summed E-state index contributed by atoms with van der Waals surface area (Å²) in [6, 6.07) is 14.6. The van der Waals surface area contributed by atoms with E-state index in [0.717, 1.165) is 5.56 Å². The lowest BCUT2D eigenvalue weighted by Crippen LogP contribution is -2.29. The van der Waals surface area contributed by atoms with Crippen molar-refractivity contribution in [2.45, 2.75) is 12.6 Å². The zero-order valence-corrected chi connectivity index (χ0v) is 16.2. The molecule has 1 amide bonds. The maximum absolute atomic E-state index is 13.0. The number of rotatable bonds is 5. The smallest absolute Gasteiger partial charge is 0.296 e. The lowest BCUT2D eigenvalue weighted by molar-refractivity contribution is -0.140. The Labute approximate surface area is 173 Å². The van der Waals surface area contributed by atoms with Crippen LogP contribution in [0.3, 0.4) is 0 Å². The molecule has 0 bridgehead atoms. The van der Waals surface area contributed by atoms with Crippen molar-refractivity contribution in [3.63, 3.8) is 0 Å². The first-order chi connectivity index (χ1) is 14.6. The number of aliphatic hydroxyl groups excluding tert-OH is 1. The number of ether oxygens (including phenoxy) is 1. The molecule has 7 heteroatoms. The number of benzene rings is 1. The van der Waals surface area contributed by atoms with Crippen LogP contribution in [0.1, 0.15) is 22.9 Å². The number of hydrogen-bond donors (Lipinski definition) is 1. The standard InChI is InChI=1S/C23H19N3O4/c1-30-17-7-5-16(6-8-17)21(27)19-20(18-4-2-3-11-25-18)26(23(29)22(19)28)14-15-9-12-24-13-10-15/h2-13,20,27H,14H2,1H3/b21-19-. The number of Topliss-reactive ketones (excluding diaryl/α,β-unsaturated/α-hetero) is 1. The fraction of sp³-hybridized carbons (Fsp3) is 0.130. The maximum Gasteiger partial charge on any atom is 0.296 e. The van der Waals surface area contributed by atoms with Crippen molar-refractivity contribution < 1.29 is 19.4 Å². The number of hydrogen-bond acceptors (Lipinski definition) is 6. The van der Waals surface area contributed by atoms with E-state index in [4.69, 9.17) is 4.74 Å². The highest BCUT2D eigenvalue weighted by atomic mass is 16.5. The summed E-state index contributed by atoms with van der Waals surface area (Å²) in [7, 11) is 1.54. The lowest BCUT2D eigenvalue weighted by Gasteiger charge is -2.24. The highest BCUT2D eigenvalue weighted by Gasteiger charge is 2.46. The summed E-state index contributed by atoms with van der Waals surface area (Å²) in [5.74, 6) is -1.06. The van der Waals surface area contributed by atoms with Gasteiger partial charge in [0.1, 0.15) is 17.6 Å². The zero-order chi connectivity index (χ0) is 21.1. The van der Waals surface area contributed by atoms with E-state index in [-0.39, 0.29) is 17.9 Å². The largest absolute Gasteiger partial charge is 0.507 e. The predicted molar refractivity (Wildman–Crippen MR) is 109 cm³/mol. The number of aromatic nitrogens is 2. The van der Waals surface area contributed by atoms with Gasteiger partial charge in [-0.1, -0.05) is 6.07 Å². The normalized spacial score (nSPS) is 17.9. The van der Waals surface area contributed by atoms with Crippen LogP contribution in [0.25, 0.3) is 5.76 Å². The van der Waals surface area contributed by atoms with Gasteiger partial charge in [0.2, 0.25) is 0 Å². The summed E-state index contributed by atoms with van der Waals surface area (Å²) >= 11 is 0.